The summed E-state index contributed by atoms with van der Waals surface area (Å²) in [6.45, 7) is 1.78. The summed E-state index contributed by atoms with van der Waals surface area (Å²) >= 11 is 5.82. The van der Waals surface area contributed by atoms with E-state index in [4.69, 9.17) is 16.3 Å². The van der Waals surface area contributed by atoms with Crippen LogP contribution >= 0.6 is 11.6 Å². The molecule has 0 fully saturated rings. The molecule has 1 heterocycles. The van der Waals surface area contributed by atoms with E-state index in [1.807, 2.05) is 0 Å². The van der Waals surface area contributed by atoms with Crippen molar-refractivity contribution in [3.05, 3.63) is 52.8 Å². The number of anilines is 1. The van der Waals surface area contributed by atoms with Gasteiger partial charge in [-0.2, -0.15) is 0 Å². The molecular formula is C15H15ClN2O3. The number of aryl methyl sites for hydroxylation is 1. The third kappa shape index (κ3) is 3.71. The minimum atomic E-state index is -1.30. The predicted octanol–water partition coefficient (Wildman–Crippen LogP) is 2.72. The number of aliphatic hydroxyl groups excluding tert-OH is 1. The van der Waals surface area contributed by atoms with Gasteiger partial charge in [0.05, 0.1) is 19.0 Å². The number of methoxy groups -OCH3 is 1. The van der Waals surface area contributed by atoms with Crippen molar-refractivity contribution in [2.24, 2.45) is 0 Å². The average Bonchev–Trinajstić information content (AvgIpc) is 2.50. The maximum absolute atomic E-state index is 12.0. The molecule has 0 aliphatic rings. The fraction of sp³-hybridized carbons (Fsp3) is 0.200. The molecule has 2 N–H and O–H groups in total. The van der Waals surface area contributed by atoms with E-state index < -0.39 is 12.0 Å². The first-order chi connectivity index (χ1) is 10.0. The number of rotatable bonds is 4. The lowest BCUT2D eigenvalue weighted by Crippen LogP contribution is -2.21. The second kappa shape index (κ2) is 6.56. The van der Waals surface area contributed by atoms with Crippen molar-refractivity contribution in [1.29, 1.82) is 0 Å². The first kappa shape index (κ1) is 15.3. The second-order valence-corrected chi connectivity index (χ2v) is 4.86. The van der Waals surface area contributed by atoms with Crippen LogP contribution in [-0.4, -0.2) is 23.1 Å². The summed E-state index contributed by atoms with van der Waals surface area (Å²) in [6.07, 6.45) is 0.141. The van der Waals surface area contributed by atoms with Gasteiger partial charge in [-0.05, 0) is 36.2 Å². The molecule has 1 amide bonds. The van der Waals surface area contributed by atoms with Crippen molar-refractivity contribution >= 4 is 23.2 Å². The molecule has 1 aromatic heterocycles. The van der Waals surface area contributed by atoms with E-state index >= 15 is 0 Å². The van der Waals surface area contributed by atoms with Crippen molar-refractivity contribution in [2.45, 2.75) is 13.0 Å². The molecule has 1 unspecified atom stereocenters. The number of carbonyl (C=O) groups excluding carboxylic acids is 1. The molecule has 0 radical (unpaired) electrons. The van der Waals surface area contributed by atoms with E-state index in [1.54, 1.807) is 37.3 Å². The predicted molar refractivity (Wildman–Crippen MR) is 80.6 cm³/mol. The number of ether oxygens (including phenoxy) is 1. The van der Waals surface area contributed by atoms with Crippen LogP contribution in [0.5, 0.6) is 5.75 Å². The van der Waals surface area contributed by atoms with Gasteiger partial charge in [0.1, 0.15) is 10.9 Å². The minimum absolute atomic E-state index is 0.376. The minimum Gasteiger partial charge on any atom is -0.497 e. The van der Waals surface area contributed by atoms with Crippen LogP contribution in [0.2, 0.25) is 5.15 Å². The highest BCUT2D eigenvalue weighted by molar-refractivity contribution is 6.30. The molecule has 0 aliphatic carbocycles. The van der Waals surface area contributed by atoms with Gasteiger partial charge in [-0.3, -0.25) is 4.79 Å². The van der Waals surface area contributed by atoms with Crippen molar-refractivity contribution in [3.63, 3.8) is 0 Å². The SMILES string of the molecule is COc1cccc(C(O)C(=O)Nc2cnc(Cl)c(C)c2)c1. The quantitative estimate of drug-likeness (QED) is 0.852. The van der Waals surface area contributed by atoms with Gasteiger partial charge >= 0.3 is 0 Å². The van der Waals surface area contributed by atoms with E-state index in [0.29, 0.717) is 22.2 Å². The Morgan fingerprint density at radius 3 is 2.86 bits per heavy atom. The van der Waals surface area contributed by atoms with Crippen LogP contribution in [0.4, 0.5) is 5.69 Å². The van der Waals surface area contributed by atoms with Crippen LogP contribution in [0.3, 0.4) is 0 Å². The molecule has 0 saturated heterocycles. The van der Waals surface area contributed by atoms with E-state index in [9.17, 15) is 9.90 Å². The summed E-state index contributed by atoms with van der Waals surface area (Å²) in [4.78, 5) is 16.0. The maximum atomic E-state index is 12.0. The van der Waals surface area contributed by atoms with E-state index in [1.165, 1.54) is 13.3 Å². The Morgan fingerprint density at radius 2 is 2.19 bits per heavy atom. The van der Waals surface area contributed by atoms with Gasteiger partial charge < -0.3 is 15.2 Å². The molecule has 5 nitrogen and oxygen atoms in total. The first-order valence-corrected chi connectivity index (χ1v) is 6.64. The molecule has 21 heavy (non-hydrogen) atoms. The summed E-state index contributed by atoms with van der Waals surface area (Å²) in [5.41, 5.74) is 1.67. The van der Waals surface area contributed by atoms with Crippen molar-refractivity contribution in [1.82, 2.24) is 4.98 Å². The number of carbonyl (C=O) groups is 1. The molecule has 1 aromatic carbocycles. The molecule has 2 aromatic rings. The Balaban J connectivity index is 2.13. The Hall–Kier alpha value is -2.11. The average molecular weight is 307 g/mol. The number of pyridine rings is 1. The third-order valence-corrected chi connectivity index (χ3v) is 3.34. The van der Waals surface area contributed by atoms with Crippen molar-refractivity contribution in [2.75, 3.05) is 12.4 Å². The summed E-state index contributed by atoms with van der Waals surface area (Å²) in [7, 11) is 1.52. The van der Waals surface area contributed by atoms with Gasteiger partial charge in [-0.25, -0.2) is 4.98 Å². The Morgan fingerprint density at radius 1 is 1.43 bits per heavy atom. The number of halogens is 1. The van der Waals surface area contributed by atoms with Gasteiger partial charge in [0.2, 0.25) is 0 Å². The van der Waals surface area contributed by atoms with E-state index in [-0.39, 0.29) is 0 Å². The largest absolute Gasteiger partial charge is 0.497 e. The molecule has 0 aliphatic heterocycles. The van der Waals surface area contributed by atoms with Gasteiger partial charge in [0, 0.05) is 0 Å². The van der Waals surface area contributed by atoms with Crippen LogP contribution in [0.25, 0.3) is 0 Å². The molecule has 110 valence electrons. The lowest BCUT2D eigenvalue weighted by atomic mass is 10.1. The van der Waals surface area contributed by atoms with Crippen molar-refractivity contribution in [3.8, 4) is 5.75 Å². The molecule has 0 bridgehead atoms. The zero-order chi connectivity index (χ0) is 15.4. The molecule has 2 rings (SSSR count). The standard InChI is InChI=1S/C15H15ClN2O3/c1-9-6-11(8-17-14(9)16)18-15(20)13(19)10-4-3-5-12(7-10)21-2/h3-8,13,19H,1-2H3,(H,18,20). The van der Waals surface area contributed by atoms with Gasteiger partial charge in [-0.15, -0.1) is 0 Å². The summed E-state index contributed by atoms with van der Waals surface area (Å²) < 4.78 is 5.06. The topological polar surface area (TPSA) is 71.5 Å². The summed E-state index contributed by atoms with van der Waals surface area (Å²) in [5, 5.41) is 13.1. The zero-order valence-corrected chi connectivity index (χ0v) is 12.4. The van der Waals surface area contributed by atoms with Gasteiger partial charge in [0.15, 0.2) is 6.10 Å². The second-order valence-electron chi connectivity index (χ2n) is 4.50. The fourth-order valence-corrected chi connectivity index (χ4v) is 1.90. The lowest BCUT2D eigenvalue weighted by Gasteiger charge is -2.13. The normalized spacial score (nSPS) is 11.8. The van der Waals surface area contributed by atoms with Crippen LogP contribution in [-0.2, 0) is 4.79 Å². The number of benzene rings is 1. The fourth-order valence-electron chi connectivity index (χ4n) is 1.80. The summed E-state index contributed by atoms with van der Waals surface area (Å²) in [6, 6.07) is 8.39. The number of nitrogens with zero attached hydrogens (tertiary/aromatic N) is 1. The highest BCUT2D eigenvalue weighted by atomic mass is 35.5. The molecule has 0 saturated carbocycles. The molecule has 6 heteroatoms. The monoisotopic (exact) mass is 306 g/mol. The maximum Gasteiger partial charge on any atom is 0.257 e. The Kier molecular flexibility index (Phi) is 4.77. The van der Waals surface area contributed by atoms with Crippen LogP contribution in [0, 0.1) is 6.92 Å². The summed E-state index contributed by atoms with van der Waals surface area (Å²) in [5.74, 6) is 0.0233. The molecule has 1 atom stereocenters. The highest BCUT2D eigenvalue weighted by Gasteiger charge is 2.18. The molecule has 0 spiro atoms. The zero-order valence-electron chi connectivity index (χ0n) is 11.6. The molecular weight excluding hydrogens is 292 g/mol. The number of nitrogens with one attached hydrogen (secondary N) is 1. The third-order valence-electron chi connectivity index (χ3n) is 2.94. The number of aliphatic hydroxyl groups is 1. The van der Waals surface area contributed by atoms with E-state index in [0.717, 1.165) is 5.56 Å². The smallest absolute Gasteiger partial charge is 0.257 e. The van der Waals surface area contributed by atoms with Gasteiger partial charge in [0.25, 0.3) is 5.91 Å². The van der Waals surface area contributed by atoms with Gasteiger partial charge in [-0.1, -0.05) is 23.7 Å². The van der Waals surface area contributed by atoms with Crippen molar-refractivity contribution < 1.29 is 14.6 Å². The highest BCUT2D eigenvalue weighted by Crippen LogP contribution is 2.21. The lowest BCUT2D eigenvalue weighted by molar-refractivity contribution is -0.124. The van der Waals surface area contributed by atoms with E-state index in [2.05, 4.69) is 10.3 Å². The number of aromatic nitrogens is 1. The van der Waals surface area contributed by atoms with Crippen LogP contribution < -0.4 is 10.1 Å². The van der Waals surface area contributed by atoms with Crippen LogP contribution in [0.1, 0.15) is 17.2 Å². The Labute approximate surface area is 127 Å². The number of hydrogen-bond acceptors (Lipinski definition) is 4. The Bertz CT molecular complexity index is 661. The number of hydrogen-bond donors (Lipinski definition) is 2. The van der Waals surface area contributed by atoms with Crippen LogP contribution in [0.15, 0.2) is 36.5 Å². The first-order valence-electron chi connectivity index (χ1n) is 6.26. The number of amides is 1.